The second-order valence-corrected chi connectivity index (χ2v) is 12.0. The summed E-state index contributed by atoms with van der Waals surface area (Å²) < 4.78 is 11.0. The van der Waals surface area contributed by atoms with Gasteiger partial charge in [-0.05, 0) is 72.7 Å². The normalized spacial score (nSPS) is 15.9. The van der Waals surface area contributed by atoms with Crippen molar-refractivity contribution in [2.24, 2.45) is 0 Å². The lowest BCUT2D eigenvalue weighted by molar-refractivity contribution is -0.139. The number of thiophene rings is 2. The summed E-state index contributed by atoms with van der Waals surface area (Å²) in [7, 11) is 0. The third-order valence-corrected chi connectivity index (χ3v) is 9.77. The second-order valence-electron chi connectivity index (χ2n) is 8.83. The molecular formula is C26H20N2O4S3. The molecule has 6 nitrogen and oxygen atoms in total. The van der Waals surface area contributed by atoms with Crippen molar-refractivity contribution >= 4 is 61.4 Å². The molecule has 4 aromatic rings. The lowest BCUT2D eigenvalue weighted by Gasteiger charge is -2.07. The fraction of sp³-hybridized carbons (Fsp3) is 0.269. The minimum atomic E-state index is -0.733. The van der Waals surface area contributed by atoms with Crippen LogP contribution in [0, 0.1) is 11.8 Å². The molecule has 2 aliphatic carbocycles. The number of hydrogen-bond acceptors (Lipinski definition) is 7. The van der Waals surface area contributed by atoms with Crippen molar-refractivity contribution in [3.05, 3.63) is 68.4 Å². The predicted octanol–water partition coefficient (Wildman–Crippen LogP) is 6.56. The number of nitrogens with one attached hydrogen (secondary N) is 1. The molecule has 2 fully saturated rings. The Hall–Kier alpha value is -3.19. The average molecular weight is 521 g/mol. The number of carboxylic acids is 1. The first kappa shape index (κ1) is 22.3. The number of nitrogens with zero attached hydrogens (tertiary/aromatic N) is 1. The highest BCUT2D eigenvalue weighted by atomic mass is 32.2. The molecule has 3 aromatic heterocycles. The lowest BCUT2D eigenvalue weighted by atomic mass is 10.1. The van der Waals surface area contributed by atoms with Gasteiger partial charge in [-0.15, -0.1) is 22.7 Å². The molecule has 3 heterocycles. The van der Waals surface area contributed by atoms with E-state index in [1.807, 2.05) is 42.5 Å². The molecule has 0 atom stereocenters. The summed E-state index contributed by atoms with van der Waals surface area (Å²) in [6.07, 6.45) is 3.07. The van der Waals surface area contributed by atoms with E-state index in [4.69, 9.17) is 4.74 Å². The van der Waals surface area contributed by atoms with Crippen LogP contribution in [0.4, 0.5) is 10.5 Å². The molecule has 0 unspecified atom stereocenters. The van der Waals surface area contributed by atoms with Gasteiger partial charge in [-0.25, -0.2) is 4.79 Å². The summed E-state index contributed by atoms with van der Waals surface area (Å²) in [4.78, 5) is 27.0. The monoisotopic (exact) mass is 520 g/mol. The molecule has 176 valence electrons. The molecule has 35 heavy (non-hydrogen) atoms. The fourth-order valence-corrected chi connectivity index (χ4v) is 7.43. The van der Waals surface area contributed by atoms with E-state index in [2.05, 4.69) is 21.5 Å². The summed E-state index contributed by atoms with van der Waals surface area (Å²) in [5.74, 6) is 6.01. The summed E-state index contributed by atoms with van der Waals surface area (Å²) in [5.41, 5.74) is 1.45. The van der Waals surface area contributed by atoms with Crippen molar-refractivity contribution in [1.29, 1.82) is 0 Å². The van der Waals surface area contributed by atoms with Crippen LogP contribution in [-0.4, -0.2) is 21.5 Å². The van der Waals surface area contributed by atoms with E-state index in [0.717, 1.165) is 42.4 Å². The number of rotatable bonds is 6. The zero-order valence-corrected chi connectivity index (χ0v) is 20.9. The minimum absolute atomic E-state index is 0.196. The van der Waals surface area contributed by atoms with Crippen molar-refractivity contribution in [2.75, 3.05) is 5.32 Å². The maximum absolute atomic E-state index is 12.5. The first-order valence-corrected chi connectivity index (χ1v) is 13.7. The number of carbonyl (C=O) groups excluding carboxylic acids is 1. The Morgan fingerprint density at radius 2 is 1.94 bits per heavy atom. The molecule has 1 aromatic carbocycles. The van der Waals surface area contributed by atoms with Crippen LogP contribution in [0.3, 0.4) is 0 Å². The SMILES string of the molecule is O=C(Nc1c(C#Cc2cc3cc(C4(C(=O)O)CC4)sc3s2)nsc1C1CC1)OCc1ccccc1. The molecule has 0 bridgehead atoms. The van der Waals surface area contributed by atoms with E-state index >= 15 is 0 Å². The van der Waals surface area contributed by atoms with Gasteiger partial charge in [0, 0.05) is 10.3 Å². The van der Waals surface area contributed by atoms with Gasteiger partial charge < -0.3 is 9.84 Å². The fourth-order valence-electron chi connectivity index (χ4n) is 3.94. The third kappa shape index (κ3) is 4.45. The van der Waals surface area contributed by atoms with Crippen LogP contribution in [0.5, 0.6) is 0 Å². The van der Waals surface area contributed by atoms with E-state index in [1.165, 1.54) is 11.5 Å². The first-order valence-electron chi connectivity index (χ1n) is 11.3. The highest BCUT2D eigenvalue weighted by molar-refractivity contribution is 7.38. The quantitative estimate of drug-likeness (QED) is 0.281. The van der Waals surface area contributed by atoms with Crippen molar-refractivity contribution < 1.29 is 19.4 Å². The molecule has 2 N–H and O–H groups in total. The predicted molar refractivity (Wildman–Crippen MR) is 139 cm³/mol. The molecule has 2 aliphatic rings. The average Bonchev–Trinajstić information content (AvgIpc) is 3.75. The van der Waals surface area contributed by atoms with E-state index in [0.29, 0.717) is 30.1 Å². The Morgan fingerprint density at radius 1 is 1.14 bits per heavy atom. The molecule has 0 aliphatic heterocycles. The van der Waals surface area contributed by atoms with Gasteiger partial charge in [-0.2, -0.15) is 4.37 Å². The van der Waals surface area contributed by atoms with Gasteiger partial charge in [0.15, 0.2) is 5.69 Å². The van der Waals surface area contributed by atoms with Crippen molar-refractivity contribution in [2.45, 2.75) is 43.6 Å². The molecule has 0 radical (unpaired) electrons. The molecule has 1 amide bonds. The van der Waals surface area contributed by atoms with E-state index in [9.17, 15) is 14.7 Å². The highest BCUT2D eigenvalue weighted by Crippen LogP contribution is 2.53. The van der Waals surface area contributed by atoms with E-state index in [-0.39, 0.29) is 6.61 Å². The van der Waals surface area contributed by atoms with E-state index < -0.39 is 17.5 Å². The van der Waals surface area contributed by atoms with Gasteiger partial charge in [-0.3, -0.25) is 10.1 Å². The zero-order valence-electron chi connectivity index (χ0n) is 18.5. The summed E-state index contributed by atoms with van der Waals surface area (Å²) in [6.45, 7) is 0.196. The van der Waals surface area contributed by atoms with Crippen molar-refractivity contribution in [3.63, 3.8) is 0 Å². The molecule has 2 saturated carbocycles. The second kappa shape index (κ2) is 8.79. The van der Waals surface area contributed by atoms with Crippen molar-refractivity contribution in [1.82, 2.24) is 4.37 Å². The van der Waals surface area contributed by atoms with Gasteiger partial charge >= 0.3 is 12.1 Å². The highest BCUT2D eigenvalue weighted by Gasteiger charge is 2.53. The van der Waals surface area contributed by atoms with Crippen molar-refractivity contribution in [3.8, 4) is 11.8 Å². The van der Waals surface area contributed by atoms with Crippen LogP contribution < -0.4 is 5.32 Å². The lowest BCUT2D eigenvalue weighted by Crippen LogP contribution is -2.17. The number of anilines is 1. The zero-order chi connectivity index (χ0) is 24.0. The number of aromatic nitrogens is 1. The molecule has 9 heteroatoms. The summed E-state index contributed by atoms with van der Waals surface area (Å²) in [6, 6.07) is 13.5. The van der Waals surface area contributed by atoms with Gasteiger partial charge in [0.1, 0.15) is 12.0 Å². The summed E-state index contributed by atoms with van der Waals surface area (Å²) in [5, 5.41) is 13.5. The molecule has 0 spiro atoms. The number of benzene rings is 1. The number of carboxylic acid groups (broad SMARTS) is 1. The number of carbonyl (C=O) groups is 2. The summed E-state index contributed by atoms with van der Waals surface area (Å²) >= 11 is 4.50. The number of aliphatic carboxylic acids is 1. The third-order valence-electron chi connectivity index (χ3n) is 6.26. The standard InChI is InChI=1S/C26H20N2O4S3/c29-24(30)26(10-11-26)20-13-17-12-18(33-23(17)34-20)8-9-19-21(22(35-28-19)16-6-7-16)27-25(31)32-14-15-4-2-1-3-5-15/h1-5,12-13,16H,6-7,10-11,14H2,(H,27,31)(H,29,30). The Morgan fingerprint density at radius 3 is 2.63 bits per heavy atom. The largest absolute Gasteiger partial charge is 0.481 e. The van der Waals surface area contributed by atoms with Crippen LogP contribution in [0.25, 0.3) is 9.40 Å². The van der Waals surface area contributed by atoms with Gasteiger partial charge in [0.2, 0.25) is 0 Å². The Balaban J connectivity index is 1.20. The Labute approximate surface area is 213 Å². The number of amides is 1. The first-order chi connectivity index (χ1) is 17.0. The molecule has 0 saturated heterocycles. The number of hydrogen-bond donors (Lipinski definition) is 2. The van der Waals surface area contributed by atoms with Gasteiger partial charge in [0.25, 0.3) is 0 Å². The molecular weight excluding hydrogens is 500 g/mol. The van der Waals surface area contributed by atoms with Crippen LogP contribution in [-0.2, 0) is 21.6 Å². The van der Waals surface area contributed by atoms with Crippen LogP contribution in [0.2, 0.25) is 0 Å². The minimum Gasteiger partial charge on any atom is -0.481 e. The smallest absolute Gasteiger partial charge is 0.412 e. The van der Waals surface area contributed by atoms with Crippen LogP contribution in [0.1, 0.15) is 57.5 Å². The molecule has 6 rings (SSSR count). The maximum Gasteiger partial charge on any atom is 0.412 e. The van der Waals surface area contributed by atoms with E-state index in [1.54, 1.807) is 22.7 Å². The Bertz CT molecular complexity index is 1470. The topological polar surface area (TPSA) is 88.5 Å². The Kier molecular flexibility index (Phi) is 5.60. The van der Waals surface area contributed by atoms with Gasteiger partial charge in [0.05, 0.1) is 19.5 Å². The van der Waals surface area contributed by atoms with Crippen LogP contribution in [0.15, 0.2) is 42.5 Å². The number of fused-ring (bicyclic) bond motifs is 1. The maximum atomic E-state index is 12.5. The van der Waals surface area contributed by atoms with Crippen LogP contribution >= 0.6 is 34.2 Å². The van der Waals surface area contributed by atoms with Gasteiger partial charge in [-0.1, -0.05) is 30.3 Å². The number of ether oxygens (including phenoxy) is 1.